The molecule has 0 fully saturated rings. The summed E-state index contributed by atoms with van der Waals surface area (Å²) in [6.45, 7) is 4.26. The Hall–Kier alpha value is -2.83. The molecular weight excluding hydrogens is 280 g/mol. The van der Waals surface area contributed by atoms with Crippen LogP contribution in [0.15, 0.2) is 36.9 Å². The topological polar surface area (TPSA) is 78.6 Å². The van der Waals surface area contributed by atoms with Gasteiger partial charge in [-0.3, -0.25) is 4.98 Å². The van der Waals surface area contributed by atoms with E-state index in [0.29, 0.717) is 11.7 Å². The standard InChI is InChI=1S/C15H16N6O/c1-3-12-7-17-15(18-8-12)22-10-13-9-21(20-19-13)14-4-5-16-11(2)6-14/h4-9H,3,10H2,1-2H3. The van der Waals surface area contributed by atoms with Gasteiger partial charge in [-0.1, -0.05) is 12.1 Å². The molecule has 0 aliphatic carbocycles. The fourth-order valence-electron chi connectivity index (χ4n) is 1.90. The van der Waals surface area contributed by atoms with Crippen molar-refractivity contribution in [3.05, 3.63) is 53.9 Å². The van der Waals surface area contributed by atoms with Gasteiger partial charge in [0, 0.05) is 24.3 Å². The van der Waals surface area contributed by atoms with Crippen molar-refractivity contribution in [1.29, 1.82) is 0 Å². The first-order chi connectivity index (χ1) is 10.7. The van der Waals surface area contributed by atoms with Gasteiger partial charge < -0.3 is 4.74 Å². The number of aryl methyl sites for hydroxylation is 2. The Morgan fingerprint density at radius 2 is 2.00 bits per heavy atom. The van der Waals surface area contributed by atoms with Crippen molar-refractivity contribution in [1.82, 2.24) is 29.9 Å². The maximum atomic E-state index is 5.51. The van der Waals surface area contributed by atoms with E-state index in [9.17, 15) is 0 Å². The summed E-state index contributed by atoms with van der Waals surface area (Å²) in [5.74, 6) is 0. The highest BCUT2D eigenvalue weighted by Gasteiger charge is 2.05. The third kappa shape index (κ3) is 3.25. The van der Waals surface area contributed by atoms with Crippen molar-refractivity contribution in [2.24, 2.45) is 0 Å². The molecule has 0 aliphatic heterocycles. The van der Waals surface area contributed by atoms with E-state index in [4.69, 9.17) is 4.74 Å². The van der Waals surface area contributed by atoms with Crippen LogP contribution >= 0.6 is 0 Å². The molecule has 0 aromatic carbocycles. The average Bonchev–Trinajstić information content (AvgIpc) is 3.02. The maximum absolute atomic E-state index is 5.51. The molecule has 7 nitrogen and oxygen atoms in total. The average molecular weight is 296 g/mol. The van der Waals surface area contributed by atoms with Crippen molar-refractivity contribution in [2.45, 2.75) is 26.9 Å². The number of pyridine rings is 1. The predicted octanol–water partition coefficient (Wildman–Crippen LogP) is 1.90. The lowest BCUT2D eigenvalue weighted by atomic mass is 10.3. The number of ether oxygens (including phenoxy) is 1. The summed E-state index contributed by atoms with van der Waals surface area (Å²) < 4.78 is 7.20. The van der Waals surface area contributed by atoms with Crippen LogP contribution in [0.1, 0.15) is 23.9 Å². The minimum Gasteiger partial charge on any atom is -0.457 e. The molecule has 3 aromatic rings. The first-order valence-corrected chi connectivity index (χ1v) is 7.02. The second-order valence-electron chi connectivity index (χ2n) is 4.83. The minimum atomic E-state index is 0.273. The van der Waals surface area contributed by atoms with Gasteiger partial charge in [0.1, 0.15) is 12.3 Å². The maximum Gasteiger partial charge on any atom is 0.316 e. The van der Waals surface area contributed by atoms with E-state index >= 15 is 0 Å². The van der Waals surface area contributed by atoms with Crippen molar-refractivity contribution in [3.8, 4) is 11.7 Å². The number of rotatable bonds is 5. The summed E-state index contributed by atoms with van der Waals surface area (Å²) in [7, 11) is 0. The molecule has 7 heteroatoms. The lowest BCUT2D eigenvalue weighted by Crippen LogP contribution is -2.00. The van der Waals surface area contributed by atoms with E-state index in [1.54, 1.807) is 23.3 Å². The number of nitrogens with zero attached hydrogens (tertiary/aromatic N) is 6. The lowest BCUT2D eigenvalue weighted by Gasteiger charge is -2.02. The third-order valence-electron chi connectivity index (χ3n) is 3.12. The molecule has 0 aliphatic rings. The summed E-state index contributed by atoms with van der Waals surface area (Å²) in [6.07, 6.45) is 7.98. The van der Waals surface area contributed by atoms with E-state index < -0.39 is 0 Å². The van der Waals surface area contributed by atoms with Gasteiger partial charge in [0.25, 0.3) is 0 Å². The van der Waals surface area contributed by atoms with Gasteiger partial charge in [0.15, 0.2) is 0 Å². The van der Waals surface area contributed by atoms with E-state index in [2.05, 4.69) is 32.2 Å². The molecule has 0 atom stereocenters. The second-order valence-corrected chi connectivity index (χ2v) is 4.83. The lowest BCUT2D eigenvalue weighted by molar-refractivity contribution is 0.276. The van der Waals surface area contributed by atoms with E-state index in [-0.39, 0.29) is 6.61 Å². The molecule has 0 saturated carbocycles. The first kappa shape index (κ1) is 14.1. The summed E-state index contributed by atoms with van der Waals surface area (Å²) >= 11 is 0. The largest absolute Gasteiger partial charge is 0.457 e. The van der Waals surface area contributed by atoms with Crippen LogP contribution in [0.25, 0.3) is 5.69 Å². The zero-order valence-electron chi connectivity index (χ0n) is 12.5. The molecule has 3 aromatic heterocycles. The molecule has 0 radical (unpaired) electrons. The van der Waals surface area contributed by atoms with Crippen LogP contribution in [-0.2, 0) is 13.0 Å². The number of aromatic nitrogens is 6. The highest BCUT2D eigenvalue weighted by atomic mass is 16.5. The summed E-state index contributed by atoms with van der Waals surface area (Å²) in [6, 6.07) is 4.15. The number of hydrogen-bond acceptors (Lipinski definition) is 6. The Bertz CT molecular complexity index is 753. The molecule has 3 heterocycles. The van der Waals surface area contributed by atoms with Crippen LogP contribution in [0.3, 0.4) is 0 Å². The van der Waals surface area contributed by atoms with E-state index in [1.165, 1.54) is 0 Å². The Morgan fingerprint density at radius 1 is 1.18 bits per heavy atom. The SMILES string of the molecule is CCc1cnc(OCc2cn(-c3ccnc(C)c3)nn2)nc1. The molecule has 0 amide bonds. The van der Waals surface area contributed by atoms with Crippen LogP contribution in [0, 0.1) is 6.92 Å². The summed E-state index contributed by atoms with van der Waals surface area (Å²) in [5.41, 5.74) is 3.62. The highest BCUT2D eigenvalue weighted by molar-refractivity contribution is 5.30. The molecule has 0 N–H and O–H groups in total. The smallest absolute Gasteiger partial charge is 0.316 e. The van der Waals surface area contributed by atoms with Crippen molar-refractivity contribution < 1.29 is 4.74 Å². The summed E-state index contributed by atoms with van der Waals surface area (Å²) in [5, 5.41) is 8.17. The Kier molecular flexibility index (Phi) is 4.04. The summed E-state index contributed by atoms with van der Waals surface area (Å²) in [4.78, 5) is 12.4. The fourth-order valence-corrected chi connectivity index (χ4v) is 1.90. The van der Waals surface area contributed by atoms with Crippen molar-refractivity contribution in [2.75, 3.05) is 0 Å². The Labute approximate surface area is 128 Å². The van der Waals surface area contributed by atoms with Crippen LogP contribution in [-0.4, -0.2) is 29.9 Å². The molecule has 0 unspecified atom stereocenters. The quantitative estimate of drug-likeness (QED) is 0.715. The molecule has 112 valence electrons. The Morgan fingerprint density at radius 3 is 2.73 bits per heavy atom. The minimum absolute atomic E-state index is 0.273. The van der Waals surface area contributed by atoms with Gasteiger partial charge in [-0.2, -0.15) is 0 Å². The van der Waals surface area contributed by atoms with Crippen LogP contribution in [0.2, 0.25) is 0 Å². The predicted molar refractivity (Wildman–Crippen MR) is 79.6 cm³/mol. The molecule has 22 heavy (non-hydrogen) atoms. The van der Waals surface area contributed by atoms with Gasteiger partial charge in [0.05, 0.1) is 11.9 Å². The van der Waals surface area contributed by atoms with Gasteiger partial charge in [-0.25, -0.2) is 14.6 Å². The number of hydrogen-bond donors (Lipinski definition) is 0. The zero-order chi connectivity index (χ0) is 15.4. The van der Waals surface area contributed by atoms with Crippen LogP contribution < -0.4 is 4.74 Å². The van der Waals surface area contributed by atoms with Gasteiger partial charge in [0.2, 0.25) is 0 Å². The highest BCUT2D eigenvalue weighted by Crippen LogP contribution is 2.09. The van der Waals surface area contributed by atoms with Gasteiger partial charge >= 0.3 is 6.01 Å². The van der Waals surface area contributed by atoms with Gasteiger partial charge in [-0.05, 0) is 31.0 Å². The molecule has 3 rings (SSSR count). The molecule has 0 spiro atoms. The normalized spacial score (nSPS) is 10.6. The monoisotopic (exact) mass is 296 g/mol. The molecule has 0 bridgehead atoms. The molecule has 0 saturated heterocycles. The Balaban J connectivity index is 1.66. The van der Waals surface area contributed by atoms with Crippen molar-refractivity contribution in [3.63, 3.8) is 0 Å². The zero-order valence-corrected chi connectivity index (χ0v) is 12.5. The molecular formula is C15H16N6O. The first-order valence-electron chi connectivity index (χ1n) is 7.02. The fraction of sp³-hybridized carbons (Fsp3) is 0.267. The van der Waals surface area contributed by atoms with Crippen molar-refractivity contribution >= 4 is 0 Å². The van der Waals surface area contributed by atoms with Crippen LogP contribution in [0.5, 0.6) is 6.01 Å². The van der Waals surface area contributed by atoms with Crippen LogP contribution in [0.4, 0.5) is 0 Å². The van der Waals surface area contributed by atoms with E-state index in [0.717, 1.165) is 23.4 Å². The van der Waals surface area contributed by atoms with E-state index in [1.807, 2.05) is 25.3 Å². The van der Waals surface area contributed by atoms with Gasteiger partial charge in [-0.15, -0.1) is 5.10 Å². The third-order valence-corrected chi connectivity index (χ3v) is 3.12. The second kappa shape index (κ2) is 6.30.